The van der Waals surface area contributed by atoms with Gasteiger partial charge in [-0.1, -0.05) is 30.3 Å². The Labute approximate surface area is 148 Å². The highest BCUT2D eigenvalue weighted by Crippen LogP contribution is 2.36. The van der Waals surface area contributed by atoms with Crippen LogP contribution in [-0.2, 0) is 11.3 Å². The minimum atomic E-state index is -0.651. The second-order valence-electron chi connectivity index (χ2n) is 5.77. The van der Waals surface area contributed by atoms with Gasteiger partial charge in [0.15, 0.2) is 29.0 Å². The second kappa shape index (κ2) is 6.52. The number of benzene rings is 1. The molecule has 0 fully saturated rings. The van der Waals surface area contributed by atoms with Crippen molar-refractivity contribution in [2.75, 3.05) is 12.3 Å². The molecule has 1 aromatic carbocycles. The van der Waals surface area contributed by atoms with Gasteiger partial charge in [0.1, 0.15) is 25.3 Å². The summed E-state index contributed by atoms with van der Waals surface area (Å²) in [6.45, 7) is -0.108. The number of nitrogens with two attached hydrogens (primary N) is 1. The molecule has 26 heavy (non-hydrogen) atoms. The van der Waals surface area contributed by atoms with E-state index < -0.39 is 12.8 Å². The third kappa shape index (κ3) is 2.78. The average Bonchev–Trinajstić information content (AvgIpc) is 3.21. The first-order valence-corrected chi connectivity index (χ1v) is 8.01. The zero-order chi connectivity index (χ0) is 18.1. The molecular weight excluding hydrogens is 338 g/mol. The lowest BCUT2D eigenvalue weighted by Crippen LogP contribution is -2.12. The zero-order valence-electron chi connectivity index (χ0n) is 13.7. The van der Waals surface area contributed by atoms with Crippen molar-refractivity contribution in [2.24, 2.45) is 0 Å². The van der Waals surface area contributed by atoms with Crippen LogP contribution in [0.15, 0.2) is 48.2 Å². The number of rotatable bonds is 5. The van der Waals surface area contributed by atoms with Crippen LogP contribution in [0.1, 0.15) is 18.2 Å². The number of anilines is 1. The number of hydrogen-bond donors (Lipinski definition) is 3. The van der Waals surface area contributed by atoms with Gasteiger partial charge in [0.2, 0.25) is 0 Å². The van der Waals surface area contributed by atoms with Crippen molar-refractivity contribution in [1.29, 1.82) is 0 Å². The van der Waals surface area contributed by atoms with Crippen LogP contribution in [0.2, 0.25) is 0 Å². The van der Waals surface area contributed by atoms with E-state index in [1.165, 1.54) is 6.33 Å². The van der Waals surface area contributed by atoms with Gasteiger partial charge in [-0.2, -0.15) is 4.98 Å². The topological polar surface area (TPSA) is 129 Å². The molecule has 0 saturated heterocycles. The van der Waals surface area contributed by atoms with Gasteiger partial charge in [-0.3, -0.25) is 0 Å². The molecule has 9 nitrogen and oxygen atoms in total. The van der Waals surface area contributed by atoms with Gasteiger partial charge in [-0.05, 0) is 5.56 Å². The molecule has 1 atom stereocenters. The highest BCUT2D eigenvalue weighted by atomic mass is 16.5. The molecule has 4 rings (SSSR count). The summed E-state index contributed by atoms with van der Waals surface area (Å²) in [5, 5.41) is 19.2. The van der Waals surface area contributed by atoms with Crippen LogP contribution < -0.4 is 10.5 Å². The second-order valence-corrected chi connectivity index (χ2v) is 5.77. The van der Waals surface area contributed by atoms with E-state index in [9.17, 15) is 10.2 Å². The lowest BCUT2D eigenvalue weighted by molar-refractivity contribution is 0.0567. The number of aliphatic hydroxyl groups is 2. The third-order valence-electron chi connectivity index (χ3n) is 4.08. The van der Waals surface area contributed by atoms with Gasteiger partial charge >= 0.3 is 6.01 Å². The predicted octanol–water partition coefficient (Wildman–Crippen LogP) is 1.67. The normalized spacial score (nSPS) is 16.9. The molecule has 0 aliphatic carbocycles. The Morgan fingerprint density at radius 1 is 1.27 bits per heavy atom. The van der Waals surface area contributed by atoms with Crippen LogP contribution in [0.25, 0.3) is 11.2 Å². The molecule has 0 unspecified atom stereocenters. The van der Waals surface area contributed by atoms with Crippen LogP contribution >= 0.6 is 0 Å². The van der Waals surface area contributed by atoms with E-state index in [0.717, 1.165) is 5.56 Å². The van der Waals surface area contributed by atoms with E-state index in [1.54, 1.807) is 4.57 Å². The van der Waals surface area contributed by atoms with Crippen LogP contribution in [-0.4, -0.2) is 36.3 Å². The molecule has 0 bridgehead atoms. The lowest BCUT2D eigenvalue weighted by atomic mass is 10.2. The van der Waals surface area contributed by atoms with Gasteiger partial charge in [0.05, 0.1) is 6.42 Å². The minimum absolute atomic E-state index is 0.0182. The average molecular weight is 355 g/mol. The first-order chi connectivity index (χ1) is 12.7. The number of imidazole rings is 1. The smallest absolute Gasteiger partial charge is 0.302 e. The molecule has 134 valence electrons. The summed E-state index contributed by atoms with van der Waals surface area (Å²) in [7, 11) is 0. The molecule has 1 aliphatic heterocycles. The van der Waals surface area contributed by atoms with E-state index >= 15 is 0 Å². The van der Waals surface area contributed by atoms with Gasteiger partial charge in [0.25, 0.3) is 0 Å². The molecule has 3 heterocycles. The molecule has 0 saturated carbocycles. The lowest BCUT2D eigenvalue weighted by Gasteiger charge is -2.16. The Morgan fingerprint density at radius 3 is 2.81 bits per heavy atom. The molecule has 4 N–H and O–H groups in total. The van der Waals surface area contributed by atoms with E-state index in [4.69, 9.17) is 15.2 Å². The largest absolute Gasteiger partial charge is 0.508 e. The monoisotopic (exact) mass is 355 g/mol. The summed E-state index contributed by atoms with van der Waals surface area (Å²) in [5.74, 6) is 0.319. The fourth-order valence-electron chi connectivity index (χ4n) is 2.82. The highest BCUT2D eigenvalue weighted by Gasteiger charge is 2.31. The van der Waals surface area contributed by atoms with Crippen molar-refractivity contribution >= 4 is 17.0 Å². The van der Waals surface area contributed by atoms with Crippen LogP contribution in [0.4, 0.5) is 5.82 Å². The Kier molecular flexibility index (Phi) is 4.05. The van der Waals surface area contributed by atoms with Crippen molar-refractivity contribution in [2.45, 2.75) is 19.3 Å². The number of hydrogen-bond acceptors (Lipinski definition) is 8. The highest BCUT2D eigenvalue weighted by molar-refractivity contribution is 5.82. The van der Waals surface area contributed by atoms with Gasteiger partial charge < -0.3 is 25.4 Å². The Balaban J connectivity index is 1.71. The Bertz CT molecular complexity index is 970. The third-order valence-corrected chi connectivity index (χ3v) is 4.08. The molecule has 2 aromatic heterocycles. The number of aromatic nitrogens is 4. The quantitative estimate of drug-likeness (QED) is 0.630. The van der Waals surface area contributed by atoms with E-state index in [0.29, 0.717) is 11.2 Å². The Hall–Kier alpha value is -3.33. The fraction of sp³-hybridized carbons (Fsp3) is 0.235. The van der Waals surface area contributed by atoms with Crippen LogP contribution in [0.5, 0.6) is 6.01 Å². The summed E-state index contributed by atoms with van der Waals surface area (Å²) in [6.07, 6.45) is 0.834. The number of nitrogens with zero attached hydrogens (tertiary/aromatic N) is 4. The van der Waals surface area contributed by atoms with Crippen molar-refractivity contribution in [1.82, 2.24) is 19.5 Å². The molecular formula is C17H17N5O4. The van der Waals surface area contributed by atoms with E-state index in [1.807, 2.05) is 30.3 Å². The minimum Gasteiger partial charge on any atom is -0.508 e. The maximum Gasteiger partial charge on any atom is 0.302 e. The van der Waals surface area contributed by atoms with Crippen molar-refractivity contribution < 1.29 is 19.7 Å². The van der Waals surface area contributed by atoms with Crippen LogP contribution in [0, 0.1) is 0 Å². The van der Waals surface area contributed by atoms with Gasteiger partial charge in [-0.15, -0.1) is 0 Å². The maximum atomic E-state index is 9.95. The molecule has 3 aromatic rings. The van der Waals surface area contributed by atoms with Gasteiger partial charge in [-0.25, -0.2) is 14.5 Å². The zero-order valence-corrected chi connectivity index (χ0v) is 13.7. The standard InChI is InChI=1S/C17H17N5O4/c18-15-14-16(20-9-19-15)22(13-6-11(24)12(7-23)26-13)17(21-14)25-8-10-4-2-1-3-5-10/h1-5,9,13,23-24H,6-8H2,(H2,18,19,20)/t13-/m1/s1. The summed E-state index contributed by atoms with van der Waals surface area (Å²) in [5.41, 5.74) is 7.68. The summed E-state index contributed by atoms with van der Waals surface area (Å²) in [6, 6.07) is 9.87. The first kappa shape index (κ1) is 16.2. The van der Waals surface area contributed by atoms with Crippen molar-refractivity contribution in [3.63, 3.8) is 0 Å². The first-order valence-electron chi connectivity index (χ1n) is 8.01. The van der Waals surface area contributed by atoms with E-state index in [-0.39, 0.29) is 36.4 Å². The van der Waals surface area contributed by atoms with E-state index in [2.05, 4.69) is 15.0 Å². The van der Waals surface area contributed by atoms with Crippen molar-refractivity contribution in [3.8, 4) is 6.01 Å². The number of aliphatic hydroxyl groups excluding tert-OH is 2. The molecule has 9 heteroatoms. The number of ether oxygens (including phenoxy) is 2. The predicted molar refractivity (Wildman–Crippen MR) is 92.0 cm³/mol. The van der Waals surface area contributed by atoms with Gasteiger partial charge in [0, 0.05) is 0 Å². The summed E-state index contributed by atoms with van der Waals surface area (Å²) < 4.78 is 13.1. The molecule has 1 aliphatic rings. The molecule has 0 amide bonds. The SMILES string of the molecule is Nc1ncnc2c1nc(OCc1ccccc1)n2[C@H]1CC(O)=C(CO)O1. The maximum absolute atomic E-state index is 9.95. The molecule has 0 radical (unpaired) electrons. The fourth-order valence-corrected chi connectivity index (χ4v) is 2.82. The van der Waals surface area contributed by atoms with Crippen LogP contribution in [0.3, 0.4) is 0 Å². The molecule has 0 spiro atoms. The summed E-state index contributed by atoms with van der Waals surface area (Å²) in [4.78, 5) is 12.6. The number of nitrogen functional groups attached to an aromatic ring is 1. The summed E-state index contributed by atoms with van der Waals surface area (Å²) >= 11 is 0. The number of fused-ring (bicyclic) bond motifs is 1. The Morgan fingerprint density at radius 2 is 2.08 bits per heavy atom. The van der Waals surface area contributed by atoms with Crippen molar-refractivity contribution in [3.05, 3.63) is 53.7 Å².